The molecule has 0 atom stereocenters. The molecule has 6 nitrogen and oxygen atoms in total. The highest BCUT2D eigenvalue weighted by molar-refractivity contribution is 8.20. The highest BCUT2D eigenvalue weighted by atomic mass is 35.5. The third-order valence-electron chi connectivity index (χ3n) is 4.64. The predicted octanol–water partition coefficient (Wildman–Crippen LogP) is 6.87. The van der Waals surface area contributed by atoms with E-state index < -0.39 is 4.92 Å². The van der Waals surface area contributed by atoms with Crippen molar-refractivity contribution in [2.45, 2.75) is 6.61 Å². The number of rotatable bonds is 6. The molecule has 0 saturated carbocycles. The number of hydrogen-bond acceptors (Lipinski definition) is 6. The van der Waals surface area contributed by atoms with Gasteiger partial charge in [0.25, 0.3) is 10.9 Å². The van der Waals surface area contributed by atoms with E-state index in [4.69, 9.17) is 28.6 Å². The summed E-state index contributed by atoms with van der Waals surface area (Å²) in [6.07, 6.45) is 1.64. The molecule has 1 aliphatic heterocycles. The molecule has 1 aliphatic rings. The van der Waals surface area contributed by atoms with Crippen LogP contribution in [0, 0.1) is 10.1 Å². The van der Waals surface area contributed by atoms with Crippen LogP contribution in [-0.2, 0) is 6.61 Å². The maximum atomic E-state index is 12.6. The van der Waals surface area contributed by atoms with Crippen molar-refractivity contribution in [1.29, 1.82) is 0 Å². The lowest BCUT2D eigenvalue weighted by atomic mass is 10.1. The number of benzene rings is 3. The predicted molar refractivity (Wildman–Crippen MR) is 131 cm³/mol. The number of thioether (sulfide) groups is 1. The van der Waals surface area contributed by atoms with Gasteiger partial charge in [0.05, 0.1) is 15.5 Å². The minimum absolute atomic E-state index is 0.0953. The van der Waals surface area contributed by atoms with E-state index in [0.29, 0.717) is 31.9 Å². The van der Waals surface area contributed by atoms with Gasteiger partial charge in [0.2, 0.25) is 0 Å². The summed E-state index contributed by atoms with van der Waals surface area (Å²) >= 11 is 12.7. The molecule has 0 aliphatic carbocycles. The molecule has 3 aromatic carbocycles. The molecule has 0 bridgehead atoms. The van der Waals surface area contributed by atoms with Crippen LogP contribution in [-0.4, -0.2) is 15.2 Å². The number of nitro benzene ring substituents is 1. The first-order valence-electron chi connectivity index (χ1n) is 9.41. The Labute approximate surface area is 198 Å². The number of carbonyl (C=O) groups is 1. The summed E-state index contributed by atoms with van der Waals surface area (Å²) in [6, 6.07) is 20.6. The summed E-state index contributed by atoms with van der Waals surface area (Å²) in [5, 5.41) is 11.6. The van der Waals surface area contributed by atoms with Crippen molar-refractivity contribution in [3.05, 3.63) is 104 Å². The molecule has 1 heterocycles. The van der Waals surface area contributed by atoms with Gasteiger partial charge in [-0.05, 0) is 42.1 Å². The second-order valence-corrected chi connectivity index (χ2v) is 8.50. The molecule has 160 valence electrons. The van der Waals surface area contributed by atoms with Crippen LogP contribution < -0.4 is 9.64 Å². The van der Waals surface area contributed by atoms with Gasteiger partial charge in [-0.2, -0.15) is 0 Å². The van der Waals surface area contributed by atoms with Crippen LogP contribution >= 0.6 is 35.6 Å². The second-order valence-electron chi connectivity index (χ2n) is 6.71. The molecule has 0 unspecified atom stereocenters. The van der Waals surface area contributed by atoms with Gasteiger partial charge >= 0.3 is 0 Å². The zero-order chi connectivity index (χ0) is 22.7. The Morgan fingerprint density at radius 1 is 1.09 bits per heavy atom. The van der Waals surface area contributed by atoms with Gasteiger partial charge in [0, 0.05) is 28.3 Å². The van der Waals surface area contributed by atoms with E-state index in [1.54, 1.807) is 24.3 Å². The Hall–Kier alpha value is -3.20. The summed E-state index contributed by atoms with van der Waals surface area (Å²) in [5.74, 6) is 0.414. The number of para-hydroxylation sites is 1. The molecule has 0 radical (unpaired) electrons. The van der Waals surface area contributed by atoms with Crippen LogP contribution in [0.2, 0.25) is 5.02 Å². The number of nitro groups is 1. The molecule has 0 N–H and O–H groups in total. The van der Waals surface area contributed by atoms with Gasteiger partial charge in [-0.15, -0.1) is 0 Å². The van der Waals surface area contributed by atoms with Crippen molar-refractivity contribution in [2.75, 3.05) is 4.90 Å². The van der Waals surface area contributed by atoms with E-state index in [9.17, 15) is 14.9 Å². The summed E-state index contributed by atoms with van der Waals surface area (Å²) in [7, 11) is 0. The molecule has 1 amide bonds. The number of ether oxygens (including phenoxy) is 1. The molecular weight excluding hydrogens is 468 g/mol. The van der Waals surface area contributed by atoms with E-state index in [0.717, 1.165) is 17.3 Å². The van der Waals surface area contributed by atoms with Crippen LogP contribution in [0.3, 0.4) is 0 Å². The maximum Gasteiger partial charge on any atom is 0.296 e. The third kappa shape index (κ3) is 4.67. The van der Waals surface area contributed by atoms with Crippen molar-refractivity contribution in [3.63, 3.8) is 0 Å². The van der Waals surface area contributed by atoms with Crippen molar-refractivity contribution in [1.82, 2.24) is 0 Å². The molecule has 32 heavy (non-hydrogen) atoms. The lowest BCUT2D eigenvalue weighted by molar-refractivity contribution is -0.384. The molecule has 4 rings (SSSR count). The molecule has 3 aromatic rings. The highest BCUT2D eigenvalue weighted by Gasteiger charge is 2.33. The number of hydrogen-bond donors (Lipinski definition) is 0. The van der Waals surface area contributed by atoms with Gasteiger partial charge in [0.1, 0.15) is 17.3 Å². The molecule has 1 fully saturated rings. The number of halogens is 1. The van der Waals surface area contributed by atoms with E-state index in [1.807, 2.05) is 36.4 Å². The fourth-order valence-corrected chi connectivity index (χ4v) is 4.53. The van der Waals surface area contributed by atoms with Crippen molar-refractivity contribution in [2.24, 2.45) is 0 Å². The lowest BCUT2D eigenvalue weighted by Gasteiger charge is -2.14. The normalized spacial score (nSPS) is 14.8. The van der Waals surface area contributed by atoms with Crippen LogP contribution in [0.5, 0.6) is 5.75 Å². The average Bonchev–Trinajstić information content (AvgIpc) is 3.07. The van der Waals surface area contributed by atoms with Crippen molar-refractivity contribution >= 4 is 63.3 Å². The minimum atomic E-state index is -0.485. The number of non-ortho nitro benzene ring substituents is 1. The first kappa shape index (κ1) is 22.0. The highest BCUT2D eigenvalue weighted by Crippen LogP contribution is 2.38. The summed E-state index contributed by atoms with van der Waals surface area (Å²) < 4.78 is 5.92. The van der Waals surface area contributed by atoms with Crippen LogP contribution in [0.1, 0.15) is 11.1 Å². The average molecular weight is 483 g/mol. The Morgan fingerprint density at radius 3 is 2.53 bits per heavy atom. The Kier molecular flexibility index (Phi) is 6.55. The first-order chi connectivity index (χ1) is 15.4. The smallest absolute Gasteiger partial charge is 0.296 e. The quantitative estimate of drug-likeness (QED) is 0.165. The number of amides is 1. The van der Waals surface area contributed by atoms with E-state index in [1.165, 1.54) is 23.1 Å². The summed E-state index contributed by atoms with van der Waals surface area (Å²) in [5.41, 5.74) is 1.79. The largest absolute Gasteiger partial charge is 0.488 e. The first-order valence-corrected chi connectivity index (χ1v) is 11.0. The zero-order valence-corrected chi connectivity index (χ0v) is 18.8. The Bertz CT molecular complexity index is 1250. The summed E-state index contributed by atoms with van der Waals surface area (Å²) in [6.45, 7) is 0.181. The fourth-order valence-electron chi connectivity index (χ4n) is 3.07. The van der Waals surface area contributed by atoms with Crippen LogP contribution in [0.25, 0.3) is 6.08 Å². The zero-order valence-electron chi connectivity index (χ0n) is 16.4. The van der Waals surface area contributed by atoms with Crippen molar-refractivity contribution in [3.8, 4) is 5.75 Å². The molecule has 0 spiro atoms. The monoisotopic (exact) mass is 482 g/mol. The van der Waals surface area contributed by atoms with E-state index >= 15 is 0 Å². The Morgan fingerprint density at radius 2 is 1.81 bits per heavy atom. The van der Waals surface area contributed by atoms with Gasteiger partial charge in [-0.3, -0.25) is 19.8 Å². The molecule has 9 heteroatoms. The Balaban J connectivity index is 1.67. The molecular formula is C23H15ClN2O4S2. The number of carbonyl (C=O) groups excluding carboxylic acids is 1. The third-order valence-corrected chi connectivity index (χ3v) is 6.43. The van der Waals surface area contributed by atoms with Crippen LogP contribution in [0.4, 0.5) is 16.2 Å². The van der Waals surface area contributed by atoms with E-state index in [-0.39, 0.29) is 17.5 Å². The van der Waals surface area contributed by atoms with Crippen LogP contribution in [0.15, 0.2) is 77.7 Å². The number of anilines is 1. The van der Waals surface area contributed by atoms with Gasteiger partial charge in [-0.1, -0.05) is 60.2 Å². The van der Waals surface area contributed by atoms with Crippen molar-refractivity contribution < 1.29 is 14.5 Å². The molecule has 0 aromatic heterocycles. The van der Waals surface area contributed by atoms with Gasteiger partial charge in [-0.25, -0.2) is 0 Å². The summed E-state index contributed by atoms with van der Waals surface area (Å²) in [4.78, 5) is 25.7. The SMILES string of the molecule is O=C1SC(=Cc2cc([N+](=O)[O-])ccc2OCc2ccccc2Cl)C(=S)N1c1ccccc1. The van der Waals surface area contributed by atoms with Gasteiger partial charge < -0.3 is 4.74 Å². The van der Waals surface area contributed by atoms with Gasteiger partial charge in [0.15, 0.2) is 0 Å². The van der Waals surface area contributed by atoms with E-state index in [2.05, 4.69) is 0 Å². The topological polar surface area (TPSA) is 72.7 Å². The minimum Gasteiger partial charge on any atom is -0.488 e. The number of nitrogens with zero attached hydrogens (tertiary/aromatic N) is 2. The number of thiocarbonyl (C=S) groups is 1. The fraction of sp³-hybridized carbons (Fsp3) is 0.0435. The maximum absolute atomic E-state index is 12.6. The standard InChI is InChI=1S/C23H15ClN2O4S2/c24-19-9-5-4-6-15(19)14-30-20-11-10-18(26(28)29)12-16(20)13-21-22(31)25(23(27)32-21)17-7-2-1-3-8-17/h1-13H,14H2. The second kappa shape index (κ2) is 9.52. The lowest BCUT2D eigenvalue weighted by Crippen LogP contribution is -2.26. The molecule has 1 saturated heterocycles.